The average molecular weight is 665 g/mol. The minimum Gasteiger partial charge on any atom is -0.394 e. The van der Waals surface area contributed by atoms with E-state index in [-0.39, 0.29) is 28.8 Å². The summed E-state index contributed by atoms with van der Waals surface area (Å²) in [6.07, 6.45) is -10.9. The fourth-order valence-electron chi connectivity index (χ4n) is 9.79. The van der Waals surface area contributed by atoms with Crippen molar-refractivity contribution in [3.05, 3.63) is 0 Å². The highest BCUT2D eigenvalue weighted by Crippen LogP contribution is 2.66. The maximum absolute atomic E-state index is 10.6. The second-order valence-electron chi connectivity index (χ2n) is 15.6. The van der Waals surface area contributed by atoms with E-state index in [1.165, 1.54) is 0 Å². The van der Waals surface area contributed by atoms with Crippen LogP contribution in [-0.4, -0.2) is 151 Å². The molecule has 0 aromatic heterocycles. The van der Waals surface area contributed by atoms with Crippen LogP contribution in [0.4, 0.5) is 0 Å². The Hall–Kier alpha value is -0.560. The Kier molecular flexibility index (Phi) is 10.6. The fourth-order valence-corrected chi connectivity index (χ4v) is 9.79. The summed E-state index contributed by atoms with van der Waals surface area (Å²) in [5.74, 6) is 0.347. The Morgan fingerprint density at radius 2 is 1.20 bits per heavy atom. The monoisotopic (exact) mass is 664 g/mol. The topological polar surface area (TPSA) is 228 Å². The number of hydrogen-bond donors (Lipinski definition) is 9. The molecule has 5 aliphatic rings. The summed E-state index contributed by atoms with van der Waals surface area (Å²) in [5.41, 5.74) is -2.07. The summed E-state index contributed by atoms with van der Waals surface area (Å²) in [7, 11) is 0. The number of hydrogen-bond acceptors (Lipinski definition) is 14. The highest BCUT2D eigenvalue weighted by molar-refractivity contribution is 5.13. The minimum atomic E-state index is -1.60. The third-order valence-electron chi connectivity index (χ3n) is 12.5. The van der Waals surface area contributed by atoms with E-state index < -0.39 is 98.5 Å². The lowest BCUT2D eigenvalue weighted by Gasteiger charge is -2.67. The summed E-state index contributed by atoms with van der Waals surface area (Å²) >= 11 is 0. The molecule has 5 rings (SSSR count). The standard InChI is InChI=1S/C32H56O14/c1-29(2)17-6-10-31(4)18(30(17,3)9-8-19(29)44-27-25(40)23(38)21(36)15(12-33)42-27)7-11-32(5,46-31)20(14-35)45-28-26(41)24(39)22(37)16(13-34)43-28/h15-28,33-41H,6-14H2,1-5H3/t15-,16-,17-,18+,19-,20+,21-,22-,23+,24+,25-,26-,27+,28+,30-,31+,32-/m1/s1. The van der Waals surface area contributed by atoms with E-state index in [9.17, 15) is 46.0 Å². The number of rotatable bonds is 8. The van der Waals surface area contributed by atoms with Crippen molar-refractivity contribution in [2.24, 2.45) is 22.7 Å². The molecule has 3 saturated heterocycles. The van der Waals surface area contributed by atoms with Crippen LogP contribution in [0.25, 0.3) is 0 Å². The van der Waals surface area contributed by atoms with Crippen LogP contribution in [0.3, 0.4) is 0 Å². The SMILES string of the molecule is CC1(C)[C@H]2CC[C@]3(C)O[C@@](C)([C@H](CO)O[C@@H]4O[C@H](CO)[C@@H](O)[C@H](O)[C@H]4O)CC[C@H]3[C@]2(C)CC[C@H]1O[C@@H]1O[C@H](CO)[C@@H](O)[C@H](O)[C@H]1O. The van der Waals surface area contributed by atoms with E-state index in [1.54, 1.807) is 0 Å². The molecule has 0 aromatic rings. The molecule has 9 N–H and O–H groups in total. The molecule has 0 spiro atoms. The average Bonchev–Trinajstić information content (AvgIpc) is 3.00. The largest absolute Gasteiger partial charge is 0.394 e. The Labute approximate surface area is 270 Å². The van der Waals surface area contributed by atoms with E-state index in [2.05, 4.69) is 27.7 Å². The van der Waals surface area contributed by atoms with Gasteiger partial charge >= 0.3 is 0 Å². The summed E-state index contributed by atoms with van der Waals surface area (Å²) in [6, 6.07) is 0. The van der Waals surface area contributed by atoms with Gasteiger partial charge in [-0.25, -0.2) is 0 Å². The van der Waals surface area contributed by atoms with Crippen LogP contribution in [0.5, 0.6) is 0 Å². The molecule has 46 heavy (non-hydrogen) atoms. The molecular weight excluding hydrogens is 608 g/mol. The molecular formula is C32H56O14. The summed E-state index contributed by atoms with van der Waals surface area (Å²) in [4.78, 5) is 0. The molecule has 14 nitrogen and oxygen atoms in total. The van der Waals surface area contributed by atoms with Gasteiger partial charge in [0.15, 0.2) is 12.6 Å². The predicted octanol–water partition coefficient (Wildman–Crippen LogP) is -1.47. The maximum Gasteiger partial charge on any atom is 0.187 e. The van der Waals surface area contributed by atoms with Gasteiger partial charge in [-0.05, 0) is 75.0 Å². The molecule has 0 radical (unpaired) electrons. The van der Waals surface area contributed by atoms with E-state index in [0.717, 1.165) is 19.3 Å². The van der Waals surface area contributed by atoms with E-state index in [4.69, 9.17) is 23.7 Å². The molecule has 0 bridgehead atoms. The van der Waals surface area contributed by atoms with Crippen LogP contribution >= 0.6 is 0 Å². The Morgan fingerprint density at radius 1 is 0.652 bits per heavy atom. The van der Waals surface area contributed by atoms with Gasteiger partial charge in [0, 0.05) is 0 Å². The highest BCUT2D eigenvalue weighted by atomic mass is 16.7. The zero-order valence-corrected chi connectivity index (χ0v) is 27.5. The van der Waals surface area contributed by atoms with Gasteiger partial charge < -0.3 is 69.6 Å². The molecule has 2 aliphatic carbocycles. The van der Waals surface area contributed by atoms with Gasteiger partial charge in [0.25, 0.3) is 0 Å². The van der Waals surface area contributed by atoms with Crippen molar-refractivity contribution in [3.8, 4) is 0 Å². The van der Waals surface area contributed by atoms with Gasteiger partial charge in [-0.1, -0.05) is 20.8 Å². The number of ether oxygens (including phenoxy) is 5. The lowest BCUT2D eigenvalue weighted by atomic mass is 9.43. The van der Waals surface area contributed by atoms with Crippen molar-refractivity contribution in [2.75, 3.05) is 19.8 Å². The smallest absolute Gasteiger partial charge is 0.187 e. The Morgan fingerprint density at radius 3 is 1.76 bits per heavy atom. The van der Waals surface area contributed by atoms with Gasteiger partial charge in [-0.2, -0.15) is 0 Å². The molecule has 0 amide bonds. The third-order valence-corrected chi connectivity index (χ3v) is 12.5. The number of aliphatic hydroxyl groups excluding tert-OH is 9. The van der Waals surface area contributed by atoms with Crippen molar-refractivity contribution in [1.29, 1.82) is 0 Å². The third kappa shape index (κ3) is 6.08. The van der Waals surface area contributed by atoms with Gasteiger partial charge in [0.2, 0.25) is 0 Å². The number of fused-ring (bicyclic) bond motifs is 3. The first-order valence-corrected chi connectivity index (χ1v) is 16.7. The first kappa shape index (κ1) is 36.7. The van der Waals surface area contributed by atoms with Gasteiger partial charge in [-0.15, -0.1) is 0 Å². The summed E-state index contributed by atoms with van der Waals surface area (Å²) < 4.78 is 30.6. The predicted molar refractivity (Wildman–Crippen MR) is 159 cm³/mol. The zero-order valence-electron chi connectivity index (χ0n) is 27.5. The van der Waals surface area contributed by atoms with Crippen molar-refractivity contribution >= 4 is 0 Å². The second-order valence-corrected chi connectivity index (χ2v) is 15.6. The Bertz CT molecular complexity index is 1040. The molecule has 0 unspecified atom stereocenters. The van der Waals surface area contributed by atoms with Crippen LogP contribution < -0.4 is 0 Å². The van der Waals surface area contributed by atoms with Crippen LogP contribution in [0.2, 0.25) is 0 Å². The lowest BCUT2D eigenvalue weighted by Crippen LogP contribution is -2.68. The van der Waals surface area contributed by atoms with Gasteiger partial charge in [0.1, 0.15) is 54.9 Å². The van der Waals surface area contributed by atoms with E-state index >= 15 is 0 Å². The van der Waals surface area contributed by atoms with Crippen molar-refractivity contribution in [1.82, 2.24) is 0 Å². The first-order valence-electron chi connectivity index (χ1n) is 16.7. The van der Waals surface area contributed by atoms with Crippen molar-refractivity contribution < 1.29 is 69.6 Å². The van der Waals surface area contributed by atoms with Crippen LogP contribution in [0, 0.1) is 22.7 Å². The van der Waals surface area contributed by atoms with Gasteiger partial charge in [-0.3, -0.25) is 0 Å². The lowest BCUT2D eigenvalue weighted by molar-refractivity contribution is -0.352. The van der Waals surface area contributed by atoms with E-state index in [0.29, 0.717) is 19.3 Å². The van der Waals surface area contributed by atoms with Crippen LogP contribution in [0.15, 0.2) is 0 Å². The molecule has 17 atom stereocenters. The molecule has 268 valence electrons. The summed E-state index contributed by atoms with van der Waals surface area (Å²) in [6.45, 7) is 9.00. The molecule has 0 aromatic carbocycles. The molecule has 3 heterocycles. The normalized spacial score (nSPS) is 53.2. The number of aliphatic hydroxyl groups is 9. The van der Waals surface area contributed by atoms with Crippen molar-refractivity contribution in [2.45, 2.75) is 158 Å². The molecule has 2 saturated carbocycles. The highest BCUT2D eigenvalue weighted by Gasteiger charge is 2.65. The molecule has 5 fully saturated rings. The quantitative estimate of drug-likeness (QED) is 0.135. The Balaban J connectivity index is 1.30. The fraction of sp³-hybridized carbons (Fsp3) is 1.00. The van der Waals surface area contributed by atoms with Crippen molar-refractivity contribution in [3.63, 3.8) is 0 Å². The molecule has 3 aliphatic heterocycles. The van der Waals surface area contributed by atoms with Crippen LogP contribution in [0.1, 0.15) is 73.1 Å². The van der Waals surface area contributed by atoms with Gasteiger partial charge in [0.05, 0.1) is 37.1 Å². The second kappa shape index (κ2) is 13.3. The van der Waals surface area contributed by atoms with E-state index in [1.807, 2.05) is 6.92 Å². The summed E-state index contributed by atoms with van der Waals surface area (Å²) in [5, 5.41) is 91.8. The maximum atomic E-state index is 10.6. The first-order chi connectivity index (χ1) is 21.5. The minimum absolute atomic E-state index is 0.144. The van der Waals surface area contributed by atoms with Crippen LogP contribution in [-0.2, 0) is 23.7 Å². The molecule has 14 heteroatoms. The zero-order chi connectivity index (χ0) is 34.0.